The lowest BCUT2D eigenvalue weighted by molar-refractivity contribution is 0.0963. The van der Waals surface area contributed by atoms with Crippen LogP contribution in [0.4, 0.5) is 5.69 Å². The molecule has 3 rings (SSSR count). The van der Waals surface area contributed by atoms with Crippen LogP contribution in [-0.4, -0.2) is 31.3 Å². The molecule has 0 spiro atoms. The zero-order chi connectivity index (χ0) is 20.1. The van der Waals surface area contributed by atoms with E-state index in [2.05, 4.69) is 47.0 Å². The topological polar surface area (TPSA) is 66.4 Å². The molecule has 0 fully saturated rings. The third kappa shape index (κ3) is 4.46. The predicted octanol–water partition coefficient (Wildman–Crippen LogP) is 4.45. The molecule has 144 valence electrons. The van der Waals surface area contributed by atoms with Gasteiger partial charge in [-0.05, 0) is 48.7 Å². The number of aliphatic imine (C=N–C) groups is 1. The molecule has 28 heavy (non-hydrogen) atoms. The second-order valence-electron chi connectivity index (χ2n) is 6.58. The second-order valence-corrected chi connectivity index (χ2v) is 7.53. The highest BCUT2D eigenvalue weighted by atomic mass is 32.1. The van der Waals surface area contributed by atoms with Gasteiger partial charge in [-0.3, -0.25) is 9.79 Å². The van der Waals surface area contributed by atoms with Gasteiger partial charge in [-0.25, -0.2) is 4.98 Å². The number of thiazole rings is 1. The summed E-state index contributed by atoms with van der Waals surface area (Å²) in [6.45, 7) is 4.21. The number of amides is 1. The molecule has 0 aliphatic rings. The third-order valence-corrected chi connectivity index (χ3v) is 5.44. The average molecular weight is 393 g/mol. The van der Waals surface area contributed by atoms with Gasteiger partial charge in [-0.1, -0.05) is 18.2 Å². The van der Waals surface area contributed by atoms with Gasteiger partial charge in [0.2, 0.25) is 0 Å². The summed E-state index contributed by atoms with van der Waals surface area (Å²) < 4.78 is 0. The Kier molecular flexibility index (Phi) is 6.21. The molecule has 3 aromatic rings. The average Bonchev–Trinajstić information content (AvgIpc) is 3.17. The maximum Gasteiger partial charge on any atom is 0.251 e. The van der Waals surface area contributed by atoms with E-state index in [0.29, 0.717) is 5.56 Å². The number of aromatic nitrogens is 1. The highest BCUT2D eigenvalue weighted by Crippen LogP contribution is 2.27. The van der Waals surface area contributed by atoms with E-state index in [1.807, 2.05) is 24.3 Å². The summed E-state index contributed by atoms with van der Waals surface area (Å²) in [6.07, 6.45) is 2.50. The van der Waals surface area contributed by atoms with Crippen LogP contribution in [0.25, 0.3) is 11.3 Å². The molecule has 0 aliphatic carbocycles. The van der Waals surface area contributed by atoms with E-state index in [1.165, 1.54) is 16.7 Å². The zero-order valence-electron chi connectivity index (χ0n) is 16.5. The lowest BCUT2D eigenvalue weighted by Crippen LogP contribution is -2.17. The minimum atomic E-state index is -0.0838. The normalized spacial score (nSPS) is 11.0. The van der Waals surface area contributed by atoms with Crippen LogP contribution in [0.5, 0.6) is 0 Å². The van der Waals surface area contributed by atoms with Crippen LogP contribution in [0.15, 0.2) is 46.8 Å². The van der Waals surface area contributed by atoms with Crippen molar-refractivity contribution >= 4 is 29.3 Å². The summed E-state index contributed by atoms with van der Waals surface area (Å²) in [5.74, 6) is -0.0838. The first-order chi connectivity index (χ1) is 13.5. The number of aryl methyl sites for hydroxylation is 2. The fourth-order valence-corrected chi connectivity index (χ4v) is 3.81. The number of benzene rings is 2. The Labute approximate surface area is 169 Å². The van der Waals surface area contributed by atoms with Crippen molar-refractivity contribution in [3.05, 3.63) is 69.0 Å². The smallest absolute Gasteiger partial charge is 0.251 e. The van der Waals surface area contributed by atoms with Crippen molar-refractivity contribution in [2.24, 2.45) is 4.99 Å². The van der Waals surface area contributed by atoms with Crippen LogP contribution in [-0.2, 0) is 6.42 Å². The first-order valence-electron chi connectivity index (χ1n) is 9.06. The van der Waals surface area contributed by atoms with E-state index in [0.717, 1.165) is 28.4 Å². The Hall–Kier alpha value is -2.99. The number of carbonyl (C=O) groups is 1. The zero-order valence-corrected chi connectivity index (χ0v) is 17.4. The fraction of sp³-hybridized carbons (Fsp3) is 0.227. The molecule has 5 nitrogen and oxygen atoms in total. The Bertz CT molecular complexity index is 1010. The minimum Gasteiger partial charge on any atom is -0.355 e. The van der Waals surface area contributed by atoms with Gasteiger partial charge >= 0.3 is 0 Å². The standard InChI is InChI=1S/C22H24N4OS/c1-14-10-19(25-13-23-3)15(2)9-18(14)11-21-26-20(12-28-21)16-5-7-17(8-6-16)22(27)24-4/h5-10,12-13H,11H2,1-4H3,(H,23,25)(H,24,27). The number of nitrogens with one attached hydrogen (secondary N) is 2. The lowest BCUT2D eigenvalue weighted by Gasteiger charge is -2.11. The van der Waals surface area contributed by atoms with Crippen LogP contribution in [0.2, 0.25) is 0 Å². The molecule has 0 bridgehead atoms. The Morgan fingerprint density at radius 1 is 1.18 bits per heavy atom. The second kappa shape index (κ2) is 8.80. The summed E-state index contributed by atoms with van der Waals surface area (Å²) in [5, 5.41) is 8.98. The van der Waals surface area contributed by atoms with Gasteiger partial charge < -0.3 is 10.6 Å². The summed E-state index contributed by atoms with van der Waals surface area (Å²) in [5.41, 5.74) is 7.35. The molecular weight excluding hydrogens is 368 g/mol. The van der Waals surface area contributed by atoms with E-state index >= 15 is 0 Å². The van der Waals surface area contributed by atoms with Crippen LogP contribution < -0.4 is 10.6 Å². The molecular formula is C22H24N4OS. The van der Waals surface area contributed by atoms with Crippen molar-refractivity contribution in [1.82, 2.24) is 10.3 Å². The Balaban J connectivity index is 1.78. The predicted molar refractivity (Wildman–Crippen MR) is 118 cm³/mol. The summed E-state index contributed by atoms with van der Waals surface area (Å²) in [4.78, 5) is 20.4. The summed E-state index contributed by atoms with van der Waals surface area (Å²) in [7, 11) is 3.38. The van der Waals surface area contributed by atoms with E-state index in [1.54, 1.807) is 31.8 Å². The number of rotatable bonds is 6. The number of carbonyl (C=O) groups excluding carboxylic acids is 1. The van der Waals surface area contributed by atoms with Crippen LogP contribution in [0, 0.1) is 13.8 Å². The van der Waals surface area contributed by atoms with Gasteiger partial charge in [-0.15, -0.1) is 11.3 Å². The molecule has 1 aromatic heterocycles. The van der Waals surface area contributed by atoms with E-state index in [-0.39, 0.29) is 5.91 Å². The van der Waals surface area contributed by atoms with Crippen molar-refractivity contribution in [2.45, 2.75) is 20.3 Å². The monoisotopic (exact) mass is 392 g/mol. The molecule has 0 aliphatic heterocycles. The van der Waals surface area contributed by atoms with Gasteiger partial charge in [0.15, 0.2) is 0 Å². The quantitative estimate of drug-likeness (QED) is 0.481. The molecule has 0 saturated heterocycles. The fourth-order valence-electron chi connectivity index (χ4n) is 2.98. The van der Waals surface area contributed by atoms with E-state index < -0.39 is 0 Å². The maximum atomic E-state index is 11.7. The van der Waals surface area contributed by atoms with Crippen molar-refractivity contribution in [3.8, 4) is 11.3 Å². The highest BCUT2D eigenvalue weighted by molar-refractivity contribution is 7.10. The Morgan fingerprint density at radius 3 is 2.61 bits per heavy atom. The van der Waals surface area contributed by atoms with Crippen molar-refractivity contribution in [1.29, 1.82) is 0 Å². The van der Waals surface area contributed by atoms with Gasteiger partial charge in [0.05, 0.1) is 17.0 Å². The number of nitrogens with zero attached hydrogens (tertiary/aromatic N) is 2. The molecule has 2 N–H and O–H groups in total. The summed E-state index contributed by atoms with van der Waals surface area (Å²) in [6, 6.07) is 11.9. The number of hydrogen-bond acceptors (Lipinski definition) is 4. The van der Waals surface area contributed by atoms with Crippen molar-refractivity contribution in [2.75, 3.05) is 19.4 Å². The minimum absolute atomic E-state index is 0.0838. The van der Waals surface area contributed by atoms with Crippen molar-refractivity contribution in [3.63, 3.8) is 0 Å². The molecule has 0 atom stereocenters. The largest absolute Gasteiger partial charge is 0.355 e. The lowest BCUT2D eigenvalue weighted by atomic mass is 10.0. The molecule has 6 heteroatoms. The third-order valence-electron chi connectivity index (χ3n) is 4.60. The van der Waals surface area contributed by atoms with Crippen molar-refractivity contribution < 1.29 is 4.79 Å². The molecule has 0 unspecified atom stereocenters. The Morgan fingerprint density at radius 2 is 1.93 bits per heavy atom. The van der Waals surface area contributed by atoms with Gasteiger partial charge in [0, 0.05) is 42.7 Å². The van der Waals surface area contributed by atoms with E-state index in [9.17, 15) is 4.79 Å². The molecule has 2 aromatic carbocycles. The maximum absolute atomic E-state index is 11.7. The number of anilines is 1. The highest BCUT2D eigenvalue weighted by Gasteiger charge is 2.10. The van der Waals surface area contributed by atoms with Crippen LogP contribution >= 0.6 is 11.3 Å². The number of hydrogen-bond donors (Lipinski definition) is 2. The van der Waals surface area contributed by atoms with Crippen LogP contribution in [0.1, 0.15) is 32.1 Å². The summed E-state index contributed by atoms with van der Waals surface area (Å²) >= 11 is 1.66. The van der Waals surface area contributed by atoms with Gasteiger partial charge in [0.1, 0.15) is 0 Å². The molecule has 0 saturated carbocycles. The first-order valence-corrected chi connectivity index (χ1v) is 9.94. The van der Waals surface area contributed by atoms with Crippen LogP contribution in [0.3, 0.4) is 0 Å². The SMILES string of the molecule is CN=CNc1cc(C)c(Cc2nc(-c3ccc(C(=O)NC)cc3)cs2)cc1C. The molecule has 0 radical (unpaired) electrons. The molecule has 1 amide bonds. The van der Waals surface area contributed by atoms with Gasteiger partial charge in [-0.2, -0.15) is 0 Å². The molecule has 1 heterocycles. The van der Waals surface area contributed by atoms with Gasteiger partial charge in [0.25, 0.3) is 5.91 Å². The van der Waals surface area contributed by atoms with E-state index in [4.69, 9.17) is 4.98 Å². The first kappa shape index (κ1) is 19.8.